The Morgan fingerprint density at radius 1 is 1.27 bits per heavy atom. The summed E-state index contributed by atoms with van der Waals surface area (Å²) in [4.78, 5) is 26.1. The van der Waals surface area contributed by atoms with E-state index in [4.69, 9.17) is 26.8 Å². The zero-order valence-corrected chi connectivity index (χ0v) is 18.4. The number of para-hydroxylation sites is 1. The van der Waals surface area contributed by atoms with Crippen LogP contribution in [0.3, 0.4) is 0 Å². The second kappa shape index (κ2) is 9.32. The summed E-state index contributed by atoms with van der Waals surface area (Å²) in [5.41, 5.74) is 2.45. The second-order valence-corrected chi connectivity index (χ2v) is 8.22. The van der Waals surface area contributed by atoms with Crippen LogP contribution in [0.4, 0.5) is 5.69 Å². The number of carbonyl (C=O) groups excluding carboxylic acids is 1. The summed E-state index contributed by atoms with van der Waals surface area (Å²) < 4.78 is 11.5. The number of benzene rings is 2. The molecule has 8 heteroatoms. The third-order valence-electron chi connectivity index (χ3n) is 4.37. The molecule has 0 spiro atoms. The molecular formula is C22H21NO5S2. The average molecular weight is 444 g/mol. The highest BCUT2D eigenvalue weighted by molar-refractivity contribution is 8.27. The third kappa shape index (κ3) is 4.66. The lowest BCUT2D eigenvalue weighted by Gasteiger charge is -2.16. The molecule has 30 heavy (non-hydrogen) atoms. The normalized spacial score (nSPS) is 16.1. The Morgan fingerprint density at radius 3 is 2.67 bits per heavy atom. The Hall–Kier alpha value is -2.84. The van der Waals surface area contributed by atoms with E-state index < -0.39 is 12.1 Å². The second-order valence-electron chi connectivity index (χ2n) is 6.54. The number of carboxylic acid groups (broad SMARTS) is 1. The number of amides is 1. The molecule has 1 aliphatic rings. The number of thiocarbonyl (C=S) groups is 1. The van der Waals surface area contributed by atoms with Gasteiger partial charge in [0.15, 0.2) is 21.9 Å². The highest BCUT2D eigenvalue weighted by Gasteiger charge is 2.34. The van der Waals surface area contributed by atoms with Gasteiger partial charge in [0.05, 0.1) is 17.2 Å². The Kier molecular flexibility index (Phi) is 6.79. The van der Waals surface area contributed by atoms with E-state index in [1.54, 1.807) is 24.3 Å². The van der Waals surface area contributed by atoms with Crippen LogP contribution in [0.2, 0.25) is 0 Å². The van der Waals surface area contributed by atoms with Crippen LogP contribution in [0.15, 0.2) is 47.4 Å². The van der Waals surface area contributed by atoms with Crippen molar-refractivity contribution in [3.05, 3.63) is 58.5 Å². The number of nitrogens with zero attached hydrogens (tertiary/aromatic N) is 1. The van der Waals surface area contributed by atoms with Crippen LogP contribution in [0.1, 0.15) is 25.0 Å². The highest BCUT2D eigenvalue weighted by atomic mass is 32.2. The molecule has 1 N–H and O–H groups in total. The van der Waals surface area contributed by atoms with Gasteiger partial charge in [-0.3, -0.25) is 9.69 Å². The molecule has 3 rings (SSSR count). The van der Waals surface area contributed by atoms with E-state index in [0.717, 1.165) is 16.8 Å². The topological polar surface area (TPSA) is 76.1 Å². The summed E-state index contributed by atoms with van der Waals surface area (Å²) in [7, 11) is 0. The zero-order chi connectivity index (χ0) is 21.8. The van der Waals surface area contributed by atoms with Gasteiger partial charge >= 0.3 is 5.97 Å². The smallest absolute Gasteiger partial charge is 0.344 e. The average Bonchev–Trinajstić information content (AvgIpc) is 2.97. The molecule has 2 aromatic carbocycles. The summed E-state index contributed by atoms with van der Waals surface area (Å²) in [6, 6.07) is 12.7. The Morgan fingerprint density at radius 2 is 2.00 bits per heavy atom. The molecule has 0 aromatic heterocycles. The summed E-state index contributed by atoms with van der Waals surface area (Å²) in [5, 5.41) is 9.07. The van der Waals surface area contributed by atoms with Crippen molar-refractivity contribution in [2.24, 2.45) is 0 Å². The van der Waals surface area contributed by atoms with Gasteiger partial charge in [0, 0.05) is 0 Å². The van der Waals surface area contributed by atoms with E-state index in [-0.39, 0.29) is 5.91 Å². The summed E-state index contributed by atoms with van der Waals surface area (Å²) in [6.45, 7) is 5.59. The molecule has 0 radical (unpaired) electrons. The number of carbonyl (C=O) groups is 2. The molecule has 0 aliphatic carbocycles. The lowest BCUT2D eigenvalue weighted by Crippen LogP contribution is -2.28. The number of carboxylic acids is 1. The van der Waals surface area contributed by atoms with Crippen molar-refractivity contribution in [3.8, 4) is 11.5 Å². The first kappa shape index (κ1) is 21.9. The first-order chi connectivity index (χ1) is 14.3. The molecule has 0 bridgehead atoms. The Balaban J connectivity index is 1.90. The number of aliphatic carboxylic acids is 1. The Labute approximate surface area is 184 Å². The lowest BCUT2D eigenvalue weighted by atomic mass is 10.1. The number of anilines is 1. The number of ether oxygens (including phenoxy) is 2. The summed E-state index contributed by atoms with van der Waals surface area (Å²) in [5.74, 6) is -0.511. The maximum atomic E-state index is 13.0. The third-order valence-corrected chi connectivity index (χ3v) is 5.67. The van der Waals surface area contributed by atoms with Crippen LogP contribution in [0.25, 0.3) is 6.08 Å². The van der Waals surface area contributed by atoms with Crippen LogP contribution >= 0.6 is 24.0 Å². The highest BCUT2D eigenvalue weighted by Crippen LogP contribution is 2.38. The fourth-order valence-electron chi connectivity index (χ4n) is 2.86. The van der Waals surface area contributed by atoms with Crippen LogP contribution in [0, 0.1) is 6.92 Å². The molecule has 2 aromatic rings. The molecule has 0 saturated carbocycles. The number of rotatable bonds is 7. The largest absolute Gasteiger partial charge is 0.490 e. The minimum Gasteiger partial charge on any atom is -0.490 e. The van der Waals surface area contributed by atoms with Crippen molar-refractivity contribution in [3.63, 3.8) is 0 Å². The predicted octanol–water partition coefficient (Wildman–Crippen LogP) is 4.65. The number of hydrogen-bond acceptors (Lipinski definition) is 6. The fraction of sp³-hybridized carbons (Fsp3) is 0.227. The van der Waals surface area contributed by atoms with Gasteiger partial charge in [-0.2, -0.15) is 0 Å². The van der Waals surface area contributed by atoms with Crippen LogP contribution in [-0.2, 0) is 9.59 Å². The van der Waals surface area contributed by atoms with Gasteiger partial charge in [-0.15, -0.1) is 0 Å². The zero-order valence-electron chi connectivity index (χ0n) is 16.7. The van der Waals surface area contributed by atoms with Crippen molar-refractivity contribution in [1.82, 2.24) is 0 Å². The predicted molar refractivity (Wildman–Crippen MR) is 122 cm³/mol. The number of aryl methyl sites for hydroxylation is 1. The molecule has 1 saturated heterocycles. The molecule has 156 valence electrons. The lowest BCUT2D eigenvalue weighted by molar-refractivity contribution is -0.144. The van der Waals surface area contributed by atoms with Gasteiger partial charge in [-0.05, 0) is 56.2 Å². The first-order valence-corrected chi connectivity index (χ1v) is 10.5. The van der Waals surface area contributed by atoms with Gasteiger partial charge in [-0.25, -0.2) is 4.79 Å². The van der Waals surface area contributed by atoms with E-state index in [0.29, 0.717) is 27.3 Å². The van der Waals surface area contributed by atoms with Crippen molar-refractivity contribution in [1.29, 1.82) is 0 Å². The minimum absolute atomic E-state index is 0.183. The van der Waals surface area contributed by atoms with Crippen molar-refractivity contribution >= 4 is 51.9 Å². The molecule has 1 fully saturated rings. The van der Waals surface area contributed by atoms with Crippen LogP contribution in [0.5, 0.6) is 11.5 Å². The molecule has 6 nitrogen and oxygen atoms in total. The van der Waals surface area contributed by atoms with E-state index >= 15 is 0 Å². The van der Waals surface area contributed by atoms with E-state index in [1.165, 1.54) is 23.6 Å². The maximum absolute atomic E-state index is 13.0. The molecule has 1 atom stereocenters. The molecular weight excluding hydrogens is 422 g/mol. The summed E-state index contributed by atoms with van der Waals surface area (Å²) >= 11 is 6.68. The van der Waals surface area contributed by atoms with Gasteiger partial charge in [0.2, 0.25) is 0 Å². The fourth-order valence-corrected chi connectivity index (χ4v) is 4.15. The summed E-state index contributed by atoms with van der Waals surface area (Å²) in [6.07, 6.45) is 0.727. The minimum atomic E-state index is -1.07. The number of hydrogen-bond donors (Lipinski definition) is 1. The maximum Gasteiger partial charge on any atom is 0.344 e. The first-order valence-electron chi connectivity index (χ1n) is 9.31. The molecule has 1 unspecified atom stereocenters. The van der Waals surface area contributed by atoms with Crippen molar-refractivity contribution < 1.29 is 24.2 Å². The van der Waals surface area contributed by atoms with Crippen molar-refractivity contribution in [2.45, 2.75) is 26.9 Å². The van der Waals surface area contributed by atoms with Crippen molar-refractivity contribution in [2.75, 3.05) is 11.5 Å². The van der Waals surface area contributed by atoms with Gasteiger partial charge in [-0.1, -0.05) is 48.2 Å². The Bertz CT molecular complexity index is 1030. The number of thioether (sulfide) groups is 1. The SMILES string of the molecule is CCOc1cc(/C=C2/SC(=S)N(c3ccccc3C)C2=O)ccc1OC(C)C(=O)O. The van der Waals surface area contributed by atoms with E-state index in [9.17, 15) is 9.59 Å². The van der Waals surface area contributed by atoms with Crippen LogP contribution < -0.4 is 14.4 Å². The molecule has 1 aliphatic heterocycles. The molecule has 1 heterocycles. The van der Waals surface area contributed by atoms with Gasteiger partial charge < -0.3 is 14.6 Å². The van der Waals surface area contributed by atoms with Gasteiger partial charge in [0.25, 0.3) is 5.91 Å². The van der Waals surface area contributed by atoms with Crippen LogP contribution in [-0.4, -0.2) is 34.0 Å². The van der Waals surface area contributed by atoms with Gasteiger partial charge in [0.1, 0.15) is 0 Å². The van der Waals surface area contributed by atoms with E-state index in [2.05, 4.69) is 0 Å². The standard InChI is InChI=1S/C22H21NO5S2/c1-4-27-18-11-15(9-10-17(18)28-14(3)21(25)26)12-19-20(24)23(22(29)30-19)16-8-6-5-7-13(16)2/h5-12,14H,4H2,1-3H3,(H,25,26)/b19-12+. The molecule has 1 amide bonds. The van der Waals surface area contributed by atoms with E-state index in [1.807, 2.05) is 38.1 Å². The quantitative estimate of drug-likeness (QED) is 0.493. The monoisotopic (exact) mass is 443 g/mol.